The van der Waals surface area contributed by atoms with Crippen LogP contribution in [0, 0.1) is 6.42 Å². The summed E-state index contributed by atoms with van der Waals surface area (Å²) in [6.07, 6.45) is 36.8. The van der Waals surface area contributed by atoms with Crippen molar-refractivity contribution in [3.05, 3.63) is 6.42 Å². The molecule has 0 nitrogen and oxygen atoms in total. The van der Waals surface area contributed by atoms with Crippen molar-refractivity contribution in [2.75, 3.05) is 5.88 Å². The van der Waals surface area contributed by atoms with Crippen LogP contribution in [-0.2, 0) is 0 Å². The van der Waals surface area contributed by atoms with Gasteiger partial charge in [-0.2, -0.15) is 0 Å². The van der Waals surface area contributed by atoms with Gasteiger partial charge in [0.15, 0.2) is 0 Å². The zero-order valence-corrected chi connectivity index (χ0v) is 20.4. The Morgan fingerprint density at radius 3 is 1.00 bits per heavy atom. The van der Waals surface area contributed by atoms with E-state index in [0.29, 0.717) is 0 Å². The third-order valence-corrected chi connectivity index (χ3v) is 6.32. The second kappa shape index (κ2) is 27.3. The predicted octanol–water partition coefficient (Wildman–Crippen LogP) is 10.8. The first kappa shape index (κ1) is 28.3. The molecule has 0 fully saturated rings. The summed E-state index contributed by atoms with van der Waals surface area (Å²) in [5.41, 5.74) is 0. The molecular formula is C27H54Cl. The lowest BCUT2D eigenvalue weighted by Gasteiger charge is -2.04. The van der Waals surface area contributed by atoms with Crippen molar-refractivity contribution in [3.63, 3.8) is 0 Å². The predicted molar refractivity (Wildman–Crippen MR) is 132 cm³/mol. The minimum Gasteiger partial charge on any atom is -0.127 e. The number of alkyl halides is 1. The highest BCUT2D eigenvalue weighted by molar-refractivity contribution is 6.17. The van der Waals surface area contributed by atoms with E-state index < -0.39 is 0 Å². The van der Waals surface area contributed by atoms with Gasteiger partial charge in [-0.05, 0) is 12.8 Å². The molecule has 0 aromatic carbocycles. The topological polar surface area (TPSA) is 0 Å². The van der Waals surface area contributed by atoms with Gasteiger partial charge in [-0.15, -0.1) is 11.6 Å². The van der Waals surface area contributed by atoms with Crippen LogP contribution in [0.2, 0.25) is 0 Å². The molecule has 0 rings (SSSR count). The van der Waals surface area contributed by atoms with Gasteiger partial charge < -0.3 is 0 Å². The molecule has 0 aliphatic heterocycles. The number of hydrogen-bond acceptors (Lipinski definition) is 0. The van der Waals surface area contributed by atoms with Crippen LogP contribution in [0.4, 0.5) is 0 Å². The Balaban J connectivity index is 2.96. The Morgan fingerprint density at radius 1 is 0.393 bits per heavy atom. The SMILES string of the molecule is CCCCCCCCCCCCCCCCC[CH]CCCCCCCCCCl. The number of unbranched alkanes of at least 4 members (excludes halogenated alkanes) is 24. The minimum absolute atomic E-state index is 0.842. The number of rotatable bonds is 25. The molecule has 0 saturated heterocycles. The maximum atomic E-state index is 5.70. The fourth-order valence-electron chi connectivity index (χ4n) is 4.07. The lowest BCUT2D eigenvalue weighted by molar-refractivity contribution is 0.530. The molecule has 0 aromatic heterocycles. The average Bonchev–Trinajstić information content (AvgIpc) is 2.71. The molecule has 0 N–H and O–H groups in total. The first-order chi connectivity index (χ1) is 13.9. The molecule has 0 aliphatic rings. The summed E-state index contributed by atoms with van der Waals surface area (Å²) in [5, 5.41) is 0. The first-order valence-corrected chi connectivity index (χ1v) is 13.8. The van der Waals surface area contributed by atoms with Gasteiger partial charge in [0, 0.05) is 5.88 Å². The van der Waals surface area contributed by atoms with Crippen LogP contribution in [0.15, 0.2) is 0 Å². The summed E-state index contributed by atoms with van der Waals surface area (Å²) < 4.78 is 0. The summed E-state index contributed by atoms with van der Waals surface area (Å²) in [6, 6.07) is 0. The van der Waals surface area contributed by atoms with Gasteiger partial charge in [-0.1, -0.05) is 155 Å². The Hall–Kier alpha value is 0.290. The van der Waals surface area contributed by atoms with Crippen molar-refractivity contribution >= 4 is 11.6 Å². The van der Waals surface area contributed by atoms with E-state index in [2.05, 4.69) is 13.3 Å². The Bertz CT molecular complexity index is 225. The van der Waals surface area contributed by atoms with Crippen LogP contribution >= 0.6 is 11.6 Å². The maximum Gasteiger partial charge on any atom is 0.0223 e. The molecule has 0 spiro atoms. The van der Waals surface area contributed by atoms with E-state index >= 15 is 0 Å². The molecule has 28 heavy (non-hydrogen) atoms. The lowest BCUT2D eigenvalue weighted by Crippen LogP contribution is -1.85. The van der Waals surface area contributed by atoms with Gasteiger partial charge in [0.05, 0.1) is 0 Å². The van der Waals surface area contributed by atoms with E-state index in [9.17, 15) is 0 Å². The Kier molecular flexibility index (Phi) is 27.6. The van der Waals surface area contributed by atoms with Gasteiger partial charge >= 0.3 is 0 Å². The highest BCUT2D eigenvalue weighted by Gasteiger charge is 1.96. The van der Waals surface area contributed by atoms with Crippen LogP contribution in [0.3, 0.4) is 0 Å². The number of hydrogen-bond donors (Lipinski definition) is 0. The van der Waals surface area contributed by atoms with E-state index in [1.54, 1.807) is 0 Å². The fourth-order valence-corrected chi connectivity index (χ4v) is 4.26. The fraction of sp³-hybridized carbons (Fsp3) is 0.963. The monoisotopic (exact) mass is 413 g/mol. The Labute approximate surface area is 185 Å². The first-order valence-electron chi connectivity index (χ1n) is 13.3. The van der Waals surface area contributed by atoms with Crippen molar-refractivity contribution in [1.29, 1.82) is 0 Å². The molecule has 0 aromatic rings. The van der Waals surface area contributed by atoms with Gasteiger partial charge in [0.25, 0.3) is 0 Å². The van der Waals surface area contributed by atoms with E-state index in [1.165, 1.54) is 154 Å². The van der Waals surface area contributed by atoms with Crippen LogP contribution in [-0.4, -0.2) is 5.88 Å². The van der Waals surface area contributed by atoms with E-state index in [-0.39, 0.29) is 0 Å². The minimum atomic E-state index is 0.842. The van der Waals surface area contributed by atoms with Gasteiger partial charge in [0.2, 0.25) is 0 Å². The summed E-state index contributed by atoms with van der Waals surface area (Å²) in [5.74, 6) is 0.842. The van der Waals surface area contributed by atoms with Crippen LogP contribution in [0.1, 0.15) is 161 Å². The molecule has 0 heterocycles. The zero-order chi connectivity index (χ0) is 20.4. The molecule has 0 aliphatic carbocycles. The number of halogens is 1. The zero-order valence-electron chi connectivity index (χ0n) is 19.6. The second-order valence-electron chi connectivity index (χ2n) is 8.98. The smallest absolute Gasteiger partial charge is 0.0223 e. The van der Waals surface area contributed by atoms with Crippen molar-refractivity contribution in [2.24, 2.45) is 0 Å². The molecule has 0 amide bonds. The van der Waals surface area contributed by atoms with Crippen LogP contribution in [0.25, 0.3) is 0 Å². The summed E-state index contributed by atoms with van der Waals surface area (Å²) in [4.78, 5) is 0. The molecule has 0 bridgehead atoms. The average molecular weight is 414 g/mol. The van der Waals surface area contributed by atoms with E-state index in [4.69, 9.17) is 11.6 Å². The highest BCUT2D eigenvalue weighted by Crippen LogP contribution is 2.15. The highest BCUT2D eigenvalue weighted by atomic mass is 35.5. The molecular weight excluding hydrogens is 360 g/mol. The van der Waals surface area contributed by atoms with Gasteiger partial charge in [-0.25, -0.2) is 0 Å². The maximum absolute atomic E-state index is 5.70. The van der Waals surface area contributed by atoms with Crippen LogP contribution in [0.5, 0.6) is 0 Å². The lowest BCUT2D eigenvalue weighted by atomic mass is 10.0. The summed E-state index contributed by atoms with van der Waals surface area (Å²) >= 11 is 5.70. The molecule has 0 saturated carbocycles. The van der Waals surface area contributed by atoms with Crippen molar-refractivity contribution < 1.29 is 0 Å². The standard InChI is InChI=1S/C27H54Cl/c1-2-3-4-5-6-7-8-9-10-11-12-13-14-15-16-17-18-19-20-21-22-23-24-25-26-27-28/h18H,2-17,19-27H2,1H3. The third kappa shape index (κ3) is 26.3. The van der Waals surface area contributed by atoms with Crippen LogP contribution < -0.4 is 0 Å². The molecule has 169 valence electrons. The normalized spacial score (nSPS) is 11.4. The van der Waals surface area contributed by atoms with Crippen molar-refractivity contribution in [1.82, 2.24) is 0 Å². The molecule has 1 radical (unpaired) electrons. The second-order valence-corrected chi connectivity index (χ2v) is 9.36. The largest absolute Gasteiger partial charge is 0.127 e. The Morgan fingerprint density at radius 2 is 0.679 bits per heavy atom. The van der Waals surface area contributed by atoms with Gasteiger partial charge in [0.1, 0.15) is 0 Å². The van der Waals surface area contributed by atoms with E-state index in [0.717, 1.165) is 5.88 Å². The quantitative estimate of drug-likeness (QED) is 0.103. The molecule has 1 heteroatoms. The van der Waals surface area contributed by atoms with Crippen molar-refractivity contribution in [3.8, 4) is 0 Å². The van der Waals surface area contributed by atoms with Crippen molar-refractivity contribution in [2.45, 2.75) is 161 Å². The van der Waals surface area contributed by atoms with E-state index in [1.807, 2.05) is 0 Å². The third-order valence-electron chi connectivity index (χ3n) is 6.05. The molecule has 0 atom stereocenters. The molecule has 0 unspecified atom stereocenters. The van der Waals surface area contributed by atoms with Gasteiger partial charge in [-0.3, -0.25) is 0 Å². The summed E-state index contributed by atoms with van der Waals surface area (Å²) in [6.45, 7) is 2.30. The summed E-state index contributed by atoms with van der Waals surface area (Å²) in [7, 11) is 0.